The molecule has 0 atom stereocenters. The summed E-state index contributed by atoms with van der Waals surface area (Å²) in [6.45, 7) is 0. The number of tetrazole rings is 1. The smallest absolute Gasteiger partial charge is 0.255 e. The van der Waals surface area contributed by atoms with E-state index >= 15 is 0 Å². The quantitative estimate of drug-likeness (QED) is 0.589. The van der Waals surface area contributed by atoms with Crippen LogP contribution in [0.5, 0.6) is 11.6 Å². The zero-order valence-corrected chi connectivity index (χ0v) is 14.1. The Morgan fingerprint density at radius 3 is 2.63 bits per heavy atom. The van der Waals surface area contributed by atoms with Gasteiger partial charge in [0, 0.05) is 23.5 Å². The second-order valence-electron chi connectivity index (χ2n) is 5.55. The Bertz CT molecular complexity index is 1030. The van der Waals surface area contributed by atoms with Gasteiger partial charge in [-0.05, 0) is 59.0 Å². The second-order valence-corrected chi connectivity index (χ2v) is 5.55. The summed E-state index contributed by atoms with van der Waals surface area (Å²) in [6.07, 6.45) is 3.14. The summed E-state index contributed by atoms with van der Waals surface area (Å²) in [7, 11) is 0. The second kappa shape index (κ2) is 7.44. The van der Waals surface area contributed by atoms with Gasteiger partial charge in [0.15, 0.2) is 0 Å². The number of carbonyl (C=O) groups excluding carboxylic acids is 1. The standard InChI is InChI=1S/C19H14N6O2/c26-19(22-15-7-9-16(10-8-15)25-13-21-23-24-25)14-4-3-5-17(12-14)27-18-6-1-2-11-20-18/h1-13H,(H,22,26). The van der Waals surface area contributed by atoms with E-state index < -0.39 is 0 Å². The summed E-state index contributed by atoms with van der Waals surface area (Å²) in [5.74, 6) is 0.764. The van der Waals surface area contributed by atoms with E-state index in [2.05, 4.69) is 25.8 Å². The molecule has 0 unspecified atom stereocenters. The van der Waals surface area contributed by atoms with Crippen molar-refractivity contribution in [2.45, 2.75) is 0 Å². The van der Waals surface area contributed by atoms with Crippen LogP contribution in [0, 0.1) is 0 Å². The number of hydrogen-bond acceptors (Lipinski definition) is 6. The van der Waals surface area contributed by atoms with Crippen LogP contribution >= 0.6 is 0 Å². The predicted octanol–water partition coefficient (Wildman–Crippen LogP) is 3.10. The number of benzene rings is 2. The minimum absolute atomic E-state index is 0.239. The van der Waals surface area contributed by atoms with Crippen molar-refractivity contribution in [1.29, 1.82) is 0 Å². The molecule has 1 N–H and O–H groups in total. The van der Waals surface area contributed by atoms with Crippen molar-refractivity contribution in [3.05, 3.63) is 84.8 Å². The Kier molecular flexibility index (Phi) is 4.52. The molecule has 0 fully saturated rings. The number of amides is 1. The van der Waals surface area contributed by atoms with Gasteiger partial charge in [-0.3, -0.25) is 4.79 Å². The van der Waals surface area contributed by atoms with Gasteiger partial charge in [0.05, 0.1) is 5.69 Å². The maximum atomic E-state index is 12.5. The fourth-order valence-electron chi connectivity index (χ4n) is 2.41. The number of nitrogens with zero attached hydrogens (tertiary/aromatic N) is 5. The molecule has 0 bridgehead atoms. The lowest BCUT2D eigenvalue weighted by Crippen LogP contribution is -2.12. The Hall–Kier alpha value is -4.07. The van der Waals surface area contributed by atoms with E-state index in [9.17, 15) is 4.79 Å². The largest absolute Gasteiger partial charge is 0.439 e. The predicted molar refractivity (Wildman–Crippen MR) is 97.9 cm³/mol. The molecule has 2 aromatic heterocycles. The van der Waals surface area contributed by atoms with Gasteiger partial charge in [-0.2, -0.15) is 0 Å². The van der Waals surface area contributed by atoms with Crippen LogP contribution in [0.2, 0.25) is 0 Å². The van der Waals surface area contributed by atoms with Gasteiger partial charge < -0.3 is 10.1 Å². The molecule has 132 valence electrons. The third-order valence-corrected chi connectivity index (χ3v) is 3.70. The fourth-order valence-corrected chi connectivity index (χ4v) is 2.41. The van der Waals surface area contributed by atoms with Crippen molar-refractivity contribution < 1.29 is 9.53 Å². The zero-order valence-electron chi connectivity index (χ0n) is 14.1. The zero-order chi connectivity index (χ0) is 18.5. The Morgan fingerprint density at radius 1 is 1.00 bits per heavy atom. The summed E-state index contributed by atoms with van der Waals surface area (Å²) in [5, 5.41) is 13.9. The minimum Gasteiger partial charge on any atom is -0.439 e. The highest BCUT2D eigenvalue weighted by molar-refractivity contribution is 6.04. The van der Waals surface area contributed by atoms with E-state index in [1.807, 2.05) is 18.2 Å². The van der Waals surface area contributed by atoms with Crippen LogP contribution in [0.1, 0.15) is 10.4 Å². The molecule has 27 heavy (non-hydrogen) atoms. The number of pyridine rings is 1. The van der Waals surface area contributed by atoms with E-state index in [4.69, 9.17) is 4.74 Å². The maximum absolute atomic E-state index is 12.5. The molecule has 0 spiro atoms. The van der Waals surface area contributed by atoms with Gasteiger partial charge in [-0.25, -0.2) is 9.67 Å². The first kappa shape index (κ1) is 16.4. The molecule has 1 amide bonds. The number of anilines is 1. The molecule has 0 radical (unpaired) electrons. The molecule has 8 heteroatoms. The fraction of sp³-hybridized carbons (Fsp3) is 0. The molecule has 4 aromatic rings. The van der Waals surface area contributed by atoms with Crippen molar-refractivity contribution in [3.63, 3.8) is 0 Å². The van der Waals surface area contributed by atoms with Crippen LogP contribution in [0.15, 0.2) is 79.3 Å². The van der Waals surface area contributed by atoms with E-state index in [0.717, 1.165) is 5.69 Å². The third kappa shape index (κ3) is 3.96. The van der Waals surface area contributed by atoms with Gasteiger partial charge in [-0.15, -0.1) is 5.10 Å². The molecule has 8 nitrogen and oxygen atoms in total. The average Bonchev–Trinajstić information content (AvgIpc) is 3.24. The number of carbonyl (C=O) groups is 1. The Labute approximate surface area is 154 Å². The minimum atomic E-state index is -0.239. The van der Waals surface area contributed by atoms with E-state index in [1.165, 1.54) is 11.0 Å². The lowest BCUT2D eigenvalue weighted by molar-refractivity contribution is 0.102. The molecule has 2 heterocycles. The highest BCUT2D eigenvalue weighted by atomic mass is 16.5. The summed E-state index contributed by atoms with van der Waals surface area (Å²) >= 11 is 0. The Balaban J connectivity index is 1.46. The first-order valence-electron chi connectivity index (χ1n) is 8.12. The van der Waals surface area contributed by atoms with Crippen molar-refractivity contribution in [3.8, 4) is 17.3 Å². The van der Waals surface area contributed by atoms with Crippen molar-refractivity contribution in [1.82, 2.24) is 25.2 Å². The maximum Gasteiger partial charge on any atom is 0.255 e. The lowest BCUT2D eigenvalue weighted by atomic mass is 10.2. The molecule has 0 aliphatic rings. The monoisotopic (exact) mass is 358 g/mol. The van der Waals surface area contributed by atoms with Gasteiger partial charge in [-0.1, -0.05) is 12.1 Å². The summed E-state index contributed by atoms with van der Waals surface area (Å²) in [4.78, 5) is 16.6. The Morgan fingerprint density at radius 2 is 1.89 bits per heavy atom. The van der Waals surface area contributed by atoms with E-state index in [-0.39, 0.29) is 5.91 Å². The van der Waals surface area contributed by atoms with Gasteiger partial charge >= 0.3 is 0 Å². The van der Waals surface area contributed by atoms with Crippen molar-refractivity contribution in [2.24, 2.45) is 0 Å². The number of aromatic nitrogens is 5. The summed E-state index contributed by atoms with van der Waals surface area (Å²) in [6, 6.07) is 19.5. The van der Waals surface area contributed by atoms with Crippen molar-refractivity contribution >= 4 is 11.6 Å². The highest BCUT2D eigenvalue weighted by Crippen LogP contribution is 2.21. The van der Waals surface area contributed by atoms with Crippen LogP contribution in [-0.2, 0) is 0 Å². The molecular formula is C19H14N6O2. The van der Waals surface area contributed by atoms with Gasteiger partial charge in [0.25, 0.3) is 5.91 Å². The number of hydrogen-bond donors (Lipinski definition) is 1. The molecule has 0 aliphatic carbocycles. The average molecular weight is 358 g/mol. The number of nitrogens with one attached hydrogen (secondary N) is 1. The van der Waals surface area contributed by atoms with Crippen LogP contribution in [0.4, 0.5) is 5.69 Å². The van der Waals surface area contributed by atoms with Gasteiger partial charge in [0.1, 0.15) is 12.1 Å². The molecular weight excluding hydrogens is 344 g/mol. The molecule has 2 aromatic carbocycles. The van der Waals surface area contributed by atoms with E-state index in [1.54, 1.807) is 54.7 Å². The first-order valence-corrected chi connectivity index (χ1v) is 8.12. The van der Waals surface area contributed by atoms with Crippen LogP contribution < -0.4 is 10.1 Å². The topological polar surface area (TPSA) is 94.8 Å². The molecule has 0 aliphatic heterocycles. The number of ether oxygens (including phenoxy) is 1. The summed E-state index contributed by atoms with van der Waals surface area (Å²) < 4.78 is 7.20. The SMILES string of the molecule is O=C(Nc1ccc(-n2cnnn2)cc1)c1cccc(Oc2ccccn2)c1. The first-order chi connectivity index (χ1) is 13.3. The summed E-state index contributed by atoms with van der Waals surface area (Å²) in [5.41, 5.74) is 1.93. The van der Waals surface area contributed by atoms with Crippen molar-refractivity contribution in [2.75, 3.05) is 5.32 Å². The van der Waals surface area contributed by atoms with Crippen LogP contribution in [0.25, 0.3) is 5.69 Å². The van der Waals surface area contributed by atoms with Crippen LogP contribution in [0.3, 0.4) is 0 Å². The highest BCUT2D eigenvalue weighted by Gasteiger charge is 2.08. The molecule has 4 rings (SSSR count). The van der Waals surface area contributed by atoms with Gasteiger partial charge in [0.2, 0.25) is 5.88 Å². The van der Waals surface area contributed by atoms with E-state index in [0.29, 0.717) is 22.9 Å². The molecule has 0 saturated heterocycles. The van der Waals surface area contributed by atoms with Crippen LogP contribution in [-0.4, -0.2) is 31.1 Å². The number of rotatable bonds is 5. The lowest BCUT2D eigenvalue weighted by Gasteiger charge is -2.08. The normalized spacial score (nSPS) is 10.4. The third-order valence-electron chi connectivity index (χ3n) is 3.70. The molecule has 0 saturated carbocycles.